The second-order valence-corrected chi connectivity index (χ2v) is 7.58. The summed E-state index contributed by atoms with van der Waals surface area (Å²) >= 11 is 1.20. The van der Waals surface area contributed by atoms with Crippen LogP contribution in [-0.4, -0.2) is 37.7 Å². The first-order valence-electron chi connectivity index (χ1n) is 9.43. The van der Waals surface area contributed by atoms with E-state index in [1.807, 2.05) is 49.0 Å². The maximum atomic E-state index is 12.4. The molecule has 0 unspecified atom stereocenters. The van der Waals surface area contributed by atoms with Crippen molar-refractivity contribution in [3.05, 3.63) is 53.3 Å². The first kappa shape index (κ1) is 19.8. The monoisotopic (exact) mass is 423 g/mol. The molecule has 154 valence electrons. The lowest BCUT2D eigenvalue weighted by molar-refractivity contribution is 0.103. The Morgan fingerprint density at radius 1 is 1.30 bits per heavy atom. The number of methoxy groups -OCH3 is 1. The van der Waals surface area contributed by atoms with E-state index in [4.69, 9.17) is 4.74 Å². The van der Waals surface area contributed by atoms with Crippen LogP contribution in [0, 0.1) is 0 Å². The summed E-state index contributed by atoms with van der Waals surface area (Å²) < 4.78 is 6.85. The quantitative estimate of drug-likeness (QED) is 0.466. The lowest BCUT2D eigenvalue weighted by Crippen LogP contribution is -2.12. The van der Waals surface area contributed by atoms with Crippen LogP contribution in [0.1, 0.15) is 35.1 Å². The molecule has 10 heteroatoms. The van der Waals surface area contributed by atoms with Gasteiger partial charge in [-0.15, -0.1) is 0 Å². The number of hydrogen-bond acceptors (Lipinski definition) is 8. The predicted molar refractivity (Wildman–Crippen MR) is 116 cm³/mol. The van der Waals surface area contributed by atoms with Crippen LogP contribution in [0.3, 0.4) is 0 Å². The van der Waals surface area contributed by atoms with Gasteiger partial charge >= 0.3 is 0 Å². The molecule has 0 saturated heterocycles. The van der Waals surface area contributed by atoms with Crippen molar-refractivity contribution in [2.24, 2.45) is 0 Å². The number of nitrogens with zero attached hydrogens (tertiary/aromatic N) is 5. The Balaban J connectivity index is 1.46. The van der Waals surface area contributed by atoms with Gasteiger partial charge in [0.25, 0.3) is 11.1 Å². The first-order valence-corrected chi connectivity index (χ1v) is 10.2. The summed E-state index contributed by atoms with van der Waals surface area (Å²) in [4.78, 5) is 25.9. The van der Waals surface area contributed by atoms with Crippen LogP contribution in [0.15, 0.2) is 42.9 Å². The summed E-state index contributed by atoms with van der Waals surface area (Å²) in [5, 5.41) is 11.1. The molecule has 0 aliphatic rings. The Morgan fingerprint density at radius 3 is 2.93 bits per heavy atom. The van der Waals surface area contributed by atoms with Crippen LogP contribution in [-0.2, 0) is 6.54 Å². The van der Waals surface area contributed by atoms with Crippen molar-refractivity contribution in [2.45, 2.75) is 26.4 Å². The Morgan fingerprint density at radius 2 is 2.17 bits per heavy atom. The fourth-order valence-corrected chi connectivity index (χ4v) is 3.54. The van der Waals surface area contributed by atoms with Crippen molar-refractivity contribution in [1.29, 1.82) is 0 Å². The highest BCUT2D eigenvalue weighted by Crippen LogP contribution is 2.24. The van der Waals surface area contributed by atoms with Gasteiger partial charge in [0.15, 0.2) is 0 Å². The van der Waals surface area contributed by atoms with E-state index in [1.165, 1.54) is 24.6 Å². The van der Waals surface area contributed by atoms with Crippen molar-refractivity contribution in [3.63, 3.8) is 0 Å². The highest BCUT2D eigenvalue weighted by atomic mass is 32.1. The van der Waals surface area contributed by atoms with E-state index in [1.54, 1.807) is 6.20 Å². The standard InChI is InChI=1S/C20H21N7O2S/c1-4-27-11-15-18(26-27)25-17(10-21-15)23-12(2)13-6-5-7-14(8-13)24-19(28)16-9-22-20(29-3)30-16/h5-12H,4H2,1-3H3,(H,24,28)(H,23,25,26)/t12-/m0/s1. The molecular formula is C20H21N7O2S. The normalized spacial score (nSPS) is 12.0. The van der Waals surface area contributed by atoms with Crippen molar-refractivity contribution >= 4 is 39.9 Å². The minimum absolute atomic E-state index is 0.0506. The zero-order valence-corrected chi connectivity index (χ0v) is 17.6. The maximum absolute atomic E-state index is 12.4. The van der Waals surface area contributed by atoms with E-state index in [0.29, 0.717) is 27.2 Å². The Hall–Kier alpha value is -3.53. The molecule has 0 radical (unpaired) electrons. The van der Waals surface area contributed by atoms with Gasteiger partial charge in [-0.1, -0.05) is 23.5 Å². The van der Waals surface area contributed by atoms with Crippen molar-refractivity contribution in [2.75, 3.05) is 17.7 Å². The molecule has 2 N–H and O–H groups in total. The maximum Gasteiger partial charge on any atom is 0.273 e. The molecule has 0 fully saturated rings. The van der Waals surface area contributed by atoms with Gasteiger partial charge in [0, 0.05) is 12.2 Å². The number of anilines is 2. The third-order valence-electron chi connectivity index (χ3n) is 4.49. The molecule has 0 bridgehead atoms. The van der Waals surface area contributed by atoms with Gasteiger partial charge in [-0.05, 0) is 31.5 Å². The van der Waals surface area contributed by atoms with E-state index in [0.717, 1.165) is 17.6 Å². The predicted octanol–water partition coefficient (Wildman–Crippen LogP) is 3.74. The number of carbonyl (C=O) groups is 1. The number of benzene rings is 1. The molecule has 0 aliphatic carbocycles. The number of nitrogens with one attached hydrogen (secondary N) is 2. The van der Waals surface area contributed by atoms with Crippen molar-refractivity contribution in [1.82, 2.24) is 24.7 Å². The van der Waals surface area contributed by atoms with Gasteiger partial charge in [0.05, 0.1) is 31.7 Å². The highest BCUT2D eigenvalue weighted by Gasteiger charge is 2.13. The fraction of sp³-hybridized carbons (Fsp3) is 0.250. The number of fused-ring (bicyclic) bond motifs is 1. The molecule has 0 spiro atoms. The zero-order valence-electron chi connectivity index (χ0n) is 16.8. The number of hydrogen-bond donors (Lipinski definition) is 2. The van der Waals surface area contributed by atoms with Crippen LogP contribution in [0.4, 0.5) is 11.5 Å². The summed E-state index contributed by atoms with van der Waals surface area (Å²) in [6.45, 7) is 4.81. The lowest BCUT2D eigenvalue weighted by Gasteiger charge is -2.16. The molecule has 1 aromatic carbocycles. The number of aromatic nitrogens is 5. The first-order chi connectivity index (χ1) is 14.6. The van der Waals surface area contributed by atoms with Crippen LogP contribution in [0.5, 0.6) is 5.19 Å². The number of rotatable bonds is 7. The summed E-state index contributed by atoms with van der Waals surface area (Å²) in [6, 6.07) is 7.60. The van der Waals surface area contributed by atoms with E-state index in [-0.39, 0.29) is 11.9 Å². The topological polar surface area (TPSA) is 107 Å². The number of ether oxygens (including phenoxy) is 1. The van der Waals surface area contributed by atoms with Gasteiger partial charge < -0.3 is 15.4 Å². The largest absolute Gasteiger partial charge is 0.473 e. The Kier molecular flexibility index (Phi) is 5.57. The summed E-state index contributed by atoms with van der Waals surface area (Å²) in [7, 11) is 1.52. The molecule has 4 rings (SSSR count). The summed E-state index contributed by atoms with van der Waals surface area (Å²) in [6.07, 6.45) is 5.07. The smallest absolute Gasteiger partial charge is 0.273 e. The Labute approximate surface area is 177 Å². The molecule has 0 saturated carbocycles. The van der Waals surface area contributed by atoms with E-state index in [9.17, 15) is 4.79 Å². The molecule has 9 nitrogen and oxygen atoms in total. The molecule has 0 aliphatic heterocycles. The molecular weight excluding hydrogens is 402 g/mol. The van der Waals surface area contributed by atoms with E-state index in [2.05, 4.69) is 30.7 Å². The summed E-state index contributed by atoms with van der Waals surface area (Å²) in [5.41, 5.74) is 3.06. The SMILES string of the molecule is CCn1cc2ncc(N[C@@H](C)c3cccc(NC(=O)c4cnc(OC)s4)c3)nc2n1. The molecule has 30 heavy (non-hydrogen) atoms. The van der Waals surface area contributed by atoms with Crippen molar-refractivity contribution < 1.29 is 9.53 Å². The number of carbonyl (C=O) groups excluding carboxylic acids is 1. The third-order valence-corrected chi connectivity index (χ3v) is 5.45. The van der Waals surface area contributed by atoms with Crippen LogP contribution in [0.2, 0.25) is 0 Å². The van der Waals surface area contributed by atoms with Gasteiger partial charge in [-0.3, -0.25) is 9.48 Å². The average Bonchev–Trinajstić information content (AvgIpc) is 3.40. The van der Waals surface area contributed by atoms with Gasteiger partial charge in [-0.25, -0.2) is 15.0 Å². The molecule has 3 aromatic heterocycles. The van der Waals surface area contributed by atoms with Crippen LogP contribution in [0.25, 0.3) is 11.2 Å². The minimum atomic E-state index is -0.226. The molecule has 4 aromatic rings. The lowest BCUT2D eigenvalue weighted by atomic mass is 10.1. The van der Waals surface area contributed by atoms with Crippen LogP contribution < -0.4 is 15.4 Å². The number of thiazole rings is 1. The van der Waals surface area contributed by atoms with Gasteiger partial charge in [-0.2, -0.15) is 5.10 Å². The summed E-state index contributed by atoms with van der Waals surface area (Å²) in [5.74, 6) is 0.416. The second-order valence-electron chi connectivity index (χ2n) is 6.59. The fourth-order valence-electron chi connectivity index (χ4n) is 2.92. The molecule has 1 atom stereocenters. The van der Waals surface area contributed by atoms with E-state index < -0.39 is 0 Å². The number of amides is 1. The zero-order chi connectivity index (χ0) is 21.1. The Bertz CT molecular complexity index is 1190. The van der Waals surface area contributed by atoms with Crippen molar-refractivity contribution in [3.8, 4) is 5.19 Å². The highest BCUT2D eigenvalue weighted by molar-refractivity contribution is 7.15. The van der Waals surface area contributed by atoms with Gasteiger partial charge in [0.1, 0.15) is 16.2 Å². The molecule has 3 heterocycles. The minimum Gasteiger partial charge on any atom is -0.473 e. The van der Waals surface area contributed by atoms with Gasteiger partial charge in [0.2, 0.25) is 5.65 Å². The second kappa shape index (κ2) is 8.46. The van der Waals surface area contributed by atoms with E-state index >= 15 is 0 Å². The molecule has 1 amide bonds. The average molecular weight is 424 g/mol. The van der Waals surface area contributed by atoms with Crippen LogP contribution >= 0.6 is 11.3 Å². The number of aryl methyl sites for hydroxylation is 1. The third kappa shape index (κ3) is 4.23.